The van der Waals surface area contributed by atoms with Gasteiger partial charge in [0, 0.05) is 41.0 Å². The van der Waals surface area contributed by atoms with Crippen LogP contribution in [-0.2, 0) is 0 Å². The summed E-state index contributed by atoms with van der Waals surface area (Å²) in [5.74, 6) is -0.0774. The second-order valence-electron chi connectivity index (χ2n) is 7.29. The average molecular weight is 420 g/mol. The van der Waals surface area contributed by atoms with Gasteiger partial charge in [-0.15, -0.1) is 0 Å². The van der Waals surface area contributed by atoms with Crippen LogP contribution in [0.5, 0.6) is 0 Å². The summed E-state index contributed by atoms with van der Waals surface area (Å²) in [4.78, 5) is 23.3. The van der Waals surface area contributed by atoms with Crippen LogP contribution in [0.1, 0.15) is 10.4 Å². The quantitative estimate of drug-likeness (QED) is 0.513. The van der Waals surface area contributed by atoms with Gasteiger partial charge in [0.2, 0.25) is 0 Å². The summed E-state index contributed by atoms with van der Waals surface area (Å²) >= 11 is 6.01. The van der Waals surface area contributed by atoms with Crippen LogP contribution in [0, 0.1) is 0 Å². The van der Waals surface area contributed by atoms with Crippen LogP contribution in [0.4, 0.5) is 0 Å². The number of fused-ring (bicyclic) bond motifs is 1. The van der Waals surface area contributed by atoms with Gasteiger partial charge in [0.25, 0.3) is 5.91 Å². The van der Waals surface area contributed by atoms with Crippen molar-refractivity contribution in [3.8, 4) is 22.5 Å². The first-order chi connectivity index (χ1) is 14.5. The maximum Gasteiger partial charge on any atom is 0.251 e. The van der Waals surface area contributed by atoms with Crippen molar-refractivity contribution in [2.24, 2.45) is 0 Å². The molecule has 0 aliphatic carbocycles. The van der Waals surface area contributed by atoms with Crippen molar-refractivity contribution in [3.63, 3.8) is 0 Å². The highest BCUT2D eigenvalue weighted by atomic mass is 35.5. The predicted molar refractivity (Wildman–Crippen MR) is 120 cm³/mol. The number of carbonyl (C=O) groups excluding carboxylic acids is 1. The van der Waals surface area contributed by atoms with Crippen LogP contribution in [0.2, 0.25) is 5.02 Å². The summed E-state index contributed by atoms with van der Waals surface area (Å²) in [5, 5.41) is 3.62. The summed E-state index contributed by atoms with van der Waals surface area (Å²) < 4.78 is 2.01. The second-order valence-corrected chi connectivity index (χ2v) is 7.72. The van der Waals surface area contributed by atoms with E-state index in [9.17, 15) is 4.79 Å². The third-order valence-corrected chi connectivity index (χ3v) is 5.08. The molecule has 152 valence electrons. The molecule has 0 aliphatic rings. The Labute approximate surface area is 180 Å². The Bertz CT molecular complexity index is 1170. The van der Waals surface area contributed by atoms with E-state index in [1.54, 1.807) is 6.20 Å². The Hall–Kier alpha value is -3.22. The second kappa shape index (κ2) is 8.65. The van der Waals surface area contributed by atoms with E-state index in [1.807, 2.05) is 84.3 Å². The highest BCUT2D eigenvalue weighted by Crippen LogP contribution is 2.25. The van der Waals surface area contributed by atoms with Gasteiger partial charge in [-0.2, -0.15) is 0 Å². The number of benzene rings is 2. The molecule has 0 saturated carbocycles. The van der Waals surface area contributed by atoms with Crippen LogP contribution in [-0.4, -0.2) is 52.4 Å². The zero-order valence-electron chi connectivity index (χ0n) is 16.8. The standard InChI is InChI=1S/C23H22ClN5O/c1-28(2)12-11-25-23(30)18-5-3-16(4-6-18)20-15-29-21(13-27-22(29)14-26-20)17-7-9-19(24)10-8-17/h3-10,13-15H,11-12H2,1-2H3,(H,25,30). The summed E-state index contributed by atoms with van der Waals surface area (Å²) in [5.41, 5.74) is 5.10. The van der Waals surface area contributed by atoms with Crippen LogP contribution >= 0.6 is 11.6 Å². The summed E-state index contributed by atoms with van der Waals surface area (Å²) in [7, 11) is 3.95. The summed E-state index contributed by atoms with van der Waals surface area (Å²) in [6.07, 6.45) is 5.53. The van der Waals surface area contributed by atoms with Crippen molar-refractivity contribution >= 4 is 23.2 Å². The minimum atomic E-state index is -0.0774. The Morgan fingerprint density at radius 3 is 2.40 bits per heavy atom. The number of nitrogens with one attached hydrogen (secondary N) is 1. The van der Waals surface area contributed by atoms with E-state index >= 15 is 0 Å². The first kappa shape index (κ1) is 20.1. The molecular formula is C23H22ClN5O. The van der Waals surface area contributed by atoms with Gasteiger partial charge in [-0.1, -0.05) is 35.9 Å². The number of rotatable bonds is 6. The summed E-state index contributed by atoms with van der Waals surface area (Å²) in [6.45, 7) is 1.41. The molecule has 2 aromatic heterocycles. The van der Waals surface area contributed by atoms with Crippen molar-refractivity contribution < 1.29 is 4.79 Å². The number of amides is 1. The Kier molecular flexibility index (Phi) is 5.79. The van der Waals surface area contributed by atoms with E-state index < -0.39 is 0 Å². The third kappa shape index (κ3) is 4.35. The predicted octanol–water partition coefficient (Wildman–Crippen LogP) is 4.01. The van der Waals surface area contributed by atoms with Gasteiger partial charge < -0.3 is 10.2 Å². The van der Waals surface area contributed by atoms with E-state index in [0.717, 1.165) is 34.7 Å². The highest BCUT2D eigenvalue weighted by molar-refractivity contribution is 6.30. The van der Waals surface area contributed by atoms with Crippen molar-refractivity contribution in [1.82, 2.24) is 24.6 Å². The molecule has 7 heteroatoms. The fourth-order valence-corrected chi connectivity index (χ4v) is 3.29. The maximum atomic E-state index is 12.3. The lowest BCUT2D eigenvalue weighted by Gasteiger charge is -2.10. The fourth-order valence-electron chi connectivity index (χ4n) is 3.16. The first-order valence-corrected chi connectivity index (χ1v) is 10.0. The number of imidazole rings is 1. The lowest BCUT2D eigenvalue weighted by Crippen LogP contribution is -2.31. The molecule has 0 radical (unpaired) electrons. The van der Waals surface area contributed by atoms with Crippen LogP contribution in [0.15, 0.2) is 67.1 Å². The van der Waals surface area contributed by atoms with Crippen LogP contribution in [0.3, 0.4) is 0 Å². The molecule has 0 spiro atoms. The number of hydrogen-bond acceptors (Lipinski definition) is 4. The number of nitrogens with zero attached hydrogens (tertiary/aromatic N) is 4. The largest absolute Gasteiger partial charge is 0.351 e. The Morgan fingerprint density at radius 2 is 1.70 bits per heavy atom. The summed E-state index contributed by atoms with van der Waals surface area (Å²) in [6, 6.07) is 15.1. The van der Waals surface area contributed by atoms with Crippen LogP contribution < -0.4 is 5.32 Å². The van der Waals surface area contributed by atoms with E-state index in [-0.39, 0.29) is 5.91 Å². The molecule has 0 aliphatic heterocycles. The van der Waals surface area contributed by atoms with Crippen molar-refractivity contribution in [1.29, 1.82) is 0 Å². The van der Waals surface area contributed by atoms with Crippen molar-refractivity contribution in [2.45, 2.75) is 0 Å². The zero-order valence-corrected chi connectivity index (χ0v) is 17.6. The maximum absolute atomic E-state index is 12.3. The molecule has 4 aromatic rings. The third-order valence-electron chi connectivity index (χ3n) is 4.82. The fraction of sp³-hybridized carbons (Fsp3) is 0.174. The number of halogens is 1. The molecule has 2 heterocycles. The van der Waals surface area contributed by atoms with E-state index in [1.165, 1.54) is 0 Å². The zero-order chi connectivity index (χ0) is 21.1. The number of carbonyl (C=O) groups is 1. The monoisotopic (exact) mass is 419 g/mol. The highest BCUT2D eigenvalue weighted by Gasteiger charge is 2.10. The van der Waals surface area contributed by atoms with Crippen molar-refractivity contribution in [3.05, 3.63) is 77.7 Å². The molecular weight excluding hydrogens is 398 g/mol. The molecule has 0 saturated heterocycles. The molecule has 4 rings (SSSR count). The van der Waals surface area contributed by atoms with Gasteiger partial charge in [-0.05, 0) is 38.4 Å². The lowest BCUT2D eigenvalue weighted by atomic mass is 10.1. The Morgan fingerprint density at radius 1 is 1.00 bits per heavy atom. The topological polar surface area (TPSA) is 62.5 Å². The molecule has 30 heavy (non-hydrogen) atoms. The Balaban J connectivity index is 1.58. The smallest absolute Gasteiger partial charge is 0.251 e. The van der Waals surface area contributed by atoms with E-state index in [2.05, 4.69) is 15.3 Å². The van der Waals surface area contributed by atoms with Crippen molar-refractivity contribution in [2.75, 3.05) is 27.2 Å². The SMILES string of the molecule is CN(C)CCNC(=O)c1ccc(-c2cn3c(-c4ccc(Cl)cc4)cnc3cn2)cc1. The van der Waals surface area contributed by atoms with Gasteiger partial charge in [-0.3, -0.25) is 14.2 Å². The van der Waals surface area contributed by atoms with E-state index in [0.29, 0.717) is 17.1 Å². The molecule has 0 bridgehead atoms. The normalized spacial score (nSPS) is 11.2. The molecule has 6 nitrogen and oxygen atoms in total. The van der Waals surface area contributed by atoms with Gasteiger partial charge in [0.1, 0.15) is 0 Å². The van der Waals surface area contributed by atoms with Gasteiger partial charge in [-0.25, -0.2) is 4.98 Å². The number of hydrogen-bond donors (Lipinski definition) is 1. The van der Waals surface area contributed by atoms with Gasteiger partial charge >= 0.3 is 0 Å². The molecule has 2 aromatic carbocycles. The number of aromatic nitrogens is 3. The molecule has 0 unspecified atom stereocenters. The molecule has 0 atom stereocenters. The molecule has 1 N–H and O–H groups in total. The average Bonchev–Trinajstić information content (AvgIpc) is 3.17. The molecule has 0 fully saturated rings. The van der Waals surface area contributed by atoms with Gasteiger partial charge in [0.05, 0.1) is 23.8 Å². The lowest BCUT2D eigenvalue weighted by molar-refractivity contribution is 0.0951. The van der Waals surface area contributed by atoms with Gasteiger partial charge in [0.15, 0.2) is 5.65 Å². The molecule has 1 amide bonds. The minimum Gasteiger partial charge on any atom is -0.351 e. The number of likely N-dealkylation sites (N-methyl/N-ethyl adjacent to an activating group) is 1. The van der Waals surface area contributed by atoms with E-state index in [4.69, 9.17) is 11.6 Å². The van der Waals surface area contributed by atoms with Crippen LogP contribution in [0.25, 0.3) is 28.2 Å². The first-order valence-electron chi connectivity index (χ1n) is 9.64. The minimum absolute atomic E-state index is 0.0774.